The normalized spacial score (nSPS) is 12.0. The smallest absolute Gasteiger partial charge is 0.0122 e. The second-order valence-corrected chi connectivity index (χ2v) is 5.64. The van der Waals surface area contributed by atoms with Crippen LogP contribution in [0, 0.1) is 0 Å². The van der Waals surface area contributed by atoms with E-state index < -0.39 is 0 Å². The molecular formula is C15H33N. The van der Waals surface area contributed by atoms with Crippen LogP contribution in [-0.4, -0.2) is 12.1 Å². The topological polar surface area (TPSA) is 12.0 Å². The summed E-state index contributed by atoms with van der Waals surface area (Å²) in [5.41, 5.74) is 0.334. The van der Waals surface area contributed by atoms with Gasteiger partial charge in [-0.1, -0.05) is 58.8 Å². The van der Waals surface area contributed by atoms with Gasteiger partial charge in [-0.2, -0.15) is 0 Å². The Bertz CT molecular complexity index is 140. The number of unbranched alkanes of at least 4 members (excludes halogenated alkanes) is 7. The summed E-state index contributed by atoms with van der Waals surface area (Å²) < 4.78 is 0. The molecule has 1 heteroatoms. The molecule has 0 rings (SSSR count). The Labute approximate surface area is 103 Å². The minimum Gasteiger partial charge on any atom is -0.312 e. The van der Waals surface area contributed by atoms with Crippen LogP contribution in [0.3, 0.4) is 0 Å². The summed E-state index contributed by atoms with van der Waals surface area (Å²) >= 11 is 0. The third-order valence-electron chi connectivity index (χ3n) is 3.52. The first kappa shape index (κ1) is 16.0. The van der Waals surface area contributed by atoms with Crippen molar-refractivity contribution in [2.24, 2.45) is 0 Å². The van der Waals surface area contributed by atoms with Crippen LogP contribution < -0.4 is 5.32 Å². The second-order valence-electron chi connectivity index (χ2n) is 5.64. The van der Waals surface area contributed by atoms with Gasteiger partial charge in [-0.15, -0.1) is 0 Å². The molecular weight excluding hydrogens is 194 g/mol. The zero-order valence-electron chi connectivity index (χ0n) is 12.1. The monoisotopic (exact) mass is 227 g/mol. The standard InChI is InChI=1S/C15H33N/c1-5-7-8-9-10-11-12-13-14-16-15(3,4)6-2/h16H,5-14H2,1-4H3. The lowest BCUT2D eigenvalue weighted by Crippen LogP contribution is -2.38. The van der Waals surface area contributed by atoms with Crippen molar-refractivity contribution in [3.8, 4) is 0 Å². The lowest BCUT2D eigenvalue weighted by Gasteiger charge is -2.24. The van der Waals surface area contributed by atoms with Gasteiger partial charge in [0.2, 0.25) is 0 Å². The highest BCUT2D eigenvalue weighted by atomic mass is 14.9. The summed E-state index contributed by atoms with van der Waals surface area (Å²) in [4.78, 5) is 0. The zero-order chi connectivity index (χ0) is 12.3. The molecule has 0 radical (unpaired) electrons. The fourth-order valence-electron chi connectivity index (χ4n) is 1.81. The summed E-state index contributed by atoms with van der Waals surface area (Å²) in [5, 5.41) is 3.62. The highest BCUT2D eigenvalue weighted by Crippen LogP contribution is 2.09. The molecule has 0 aromatic heterocycles. The molecule has 0 spiro atoms. The summed E-state index contributed by atoms with van der Waals surface area (Å²) in [7, 11) is 0. The SMILES string of the molecule is CCCCCCCCCCNC(C)(C)CC. The third-order valence-corrected chi connectivity index (χ3v) is 3.52. The van der Waals surface area contributed by atoms with Crippen LogP contribution >= 0.6 is 0 Å². The van der Waals surface area contributed by atoms with Crippen LogP contribution in [-0.2, 0) is 0 Å². The van der Waals surface area contributed by atoms with Crippen molar-refractivity contribution in [2.45, 2.75) is 91.0 Å². The van der Waals surface area contributed by atoms with Gasteiger partial charge >= 0.3 is 0 Å². The first-order valence-electron chi connectivity index (χ1n) is 7.37. The lowest BCUT2D eigenvalue weighted by atomic mass is 10.0. The highest BCUT2D eigenvalue weighted by Gasteiger charge is 2.12. The fraction of sp³-hybridized carbons (Fsp3) is 1.00. The molecule has 0 aliphatic carbocycles. The van der Waals surface area contributed by atoms with Crippen molar-refractivity contribution in [2.75, 3.05) is 6.54 Å². The van der Waals surface area contributed by atoms with E-state index in [0.29, 0.717) is 5.54 Å². The van der Waals surface area contributed by atoms with Crippen molar-refractivity contribution in [3.05, 3.63) is 0 Å². The molecule has 1 N–H and O–H groups in total. The average Bonchev–Trinajstić information content (AvgIpc) is 2.27. The largest absolute Gasteiger partial charge is 0.312 e. The van der Waals surface area contributed by atoms with Gasteiger partial charge in [0.05, 0.1) is 0 Å². The molecule has 0 aliphatic rings. The zero-order valence-corrected chi connectivity index (χ0v) is 12.1. The molecule has 0 bridgehead atoms. The van der Waals surface area contributed by atoms with Crippen LogP contribution in [0.1, 0.15) is 85.5 Å². The van der Waals surface area contributed by atoms with E-state index in [4.69, 9.17) is 0 Å². The van der Waals surface area contributed by atoms with Crippen molar-refractivity contribution < 1.29 is 0 Å². The van der Waals surface area contributed by atoms with Crippen LogP contribution in [0.2, 0.25) is 0 Å². The first-order valence-corrected chi connectivity index (χ1v) is 7.37. The fourth-order valence-corrected chi connectivity index (χ4v) is 1.81. The number of nitrogens with one attached hydrogen (secondary N) is 1. The molecule has 1 nitrogen and oxygen atoms in total. The van der Waals surface area contributed by atoms with E-state index in [9.17, 15) is 0 Å². The quantitative estimate of drug-likeness (QED) is 0.495. The van der Waals surface area contributed by atoms with E-state index in [1.165, 1.54) is 64.3 Å². The molecule has 98 valence electrons. The van der Waals surface area contributed by atoms with Crippen LogP contribution in [0.4, 0.5) is 0 Å². The molecule has 0 atom stereocenters. The summed E-state index contributed by atoms with van der Waals surface area (Å²) in [5.74, 6) is 0. The van der Waals surface area contributed by atoms with Gasteiger partial charge in [0.25, 0.3) is 0 Å². The second kappa shape index (κ2) is 10.1. The van der Waals surface area contributed by atoms with E-state index in [2.05, 4.69) is 33.0 Å². The van der Waals surface area contributed by atoms with E-state index >= 15 is 0 Å². The molecule has 0 fully saturated rings. The predicted octanol–water partition coefficient (Wildman–Crippen LogP) is 4.91. The maximum atomic E-state index is 3.62. The van der Waals surface area contributed by atoms with E-state index in [0.717, 1.165) is 0 Å². The Morgan fingerprint density at radius 1 is 0.750 bits per heavy atom. The van der Waals surface area contributed by atoms with Gasteiger partial charge in [-0.25, -0.2) is 0 Å². The Balaban J connectivity index is 3.10. The van der Waals surface area contributed by atoms with Gasteiger partial charge in [0, 0.05) is 5.54 Å². The molecule has 0 unspecified atom stereocenters. The van der Waals surface area contributed by atoms with Gasteiger partial charge < -0.3 is 5.32 Å². The van der Waals surface area contributed by atoms with E-state index in [1.54, 1.807) is 0 Å². The number of hydrogen-bond donors (Lipinski definition) is 1. The molecule has 0 amide bonds. The molecule has 0 saturated heterocycles. The summed E-state index contributed by atoms with van der Waals surface area (Å²) in [6, 6.07) is 0. The Morgan fingerprint density at radius 3 is 1.75 bits per heavy atom. The van der Waals surface area contributed by atoms with Gasteiger partial charge in [0.1, 0.15) is 0 Å². The van der Waals surface area contributed by atoms with Gasteiger partial charge in [0.15, 0.2) is 0 Å². The molecule has 0 aliphatic heterocycles. The van der Waals surface area contributed by atoms with Crippen molar-refractivity contribution in [3.63, 3.8) is 0 Å². The molecule has 0 heterocycles. The maximum Gasteiger partial charge on any atom is 0.0122 e. The number of rotatable bonds is 11. The lowest BCUT2D eigenvalue weighted by molar-refractivity contribution is 0.370. The summed E-state index contributed by atoms with van der Waals surface area (Å²) in [6.07, 6.45) is 12.5. The van der Waals surface area contributed by atoms with Gasteiger partial charge in [-0.05, 0) is 33.2 Å². The van der Waals surface area contributed by atoms with Crippen LogP contribution in [0.5, 0.6) is 0 Å². The van der Waals surface area contributed by atoms with Crippen LogP contribution in [0.15, 0.2) is 0 Å². The summed E-state index contributed by atoms with van der Waals surface area (Å²) in [6.45, 7) is 10.3. The highest BCUT2D eigenvalue weighted by molar-refractivity contribution is 4.74. The van der Waals surface area contributed by atoms with E-state index in [1.807, 2.05) is 0 Å². The predicted molar refractivity (Wildman–Crippen MR) is 75.0 cm³/mol. The Morgan fingerprint density at radius 2 is 1.25 bits per heavy atom. The van der Waals surface area contributed by atoms with Crippen molar-refractivity contribution in [1.82, 2.24) is 5.32 Å². The molecule has 0 aromatic rings. The Hall–Kier alpha value is -0.0400. The minimum atomic E-state index is 0.334. The minimum absolute atomic E-state index is 0.334. The van der Waals surface area contributed by atoms with Crippen molar-refractivity contribution >= 4 is 0 Å². The molecule has 16 heavy (non-hydrogen) atoms. The van der Waals surface area contributed by atoms with Crippen LogP contribution in [0.25, 0.3) is 0 Å². The van der Waals surface area contributed by atoms with Gasteiger partial charge in [-0.3, -0.25) is 0 Å². The molecule has 0 aromatic carbocycles. The maximum absolute atomic E-state index is 3.62. The molecule has 0 saturated carbocycles. The third kappa shape index (κ3) is 10.5. The Kier molecular flexibility index (Phi) is 10.1. The number of hydrogen-bond acceptors (Lipinski definition) is 1. The van der Waals surface area contributed by atoms with Crippen molar-refractivity contribution in [1.29, 1.82) is 0 Å². The first-order chi connectivity index (χ1) is 7.62. The average molecular weight is 227 g/mol. The van der Waals surface area contributed by atoms with E-state index in [-0.39, 0.29) is 0 Å².